The second-order valence-electron chi connectivity index (χ2n) is 5.41. The van der Waals surface area contributed by atoms with Crippen molar-refractivity contribution in [2.75, 3.05) is 19.0 Å². The van der Waals surface area contributed by atoms with E-state index in [1.165, 1.54) is 0 Å². The maximum Gasteiger partial charge on any atom is 0.338 e. The summed E-state index contributed by atoms with van der Waals surface area (Å²) in [6, 6.07) is 15.1. The van der Waals surface area contributed by atoms with Gasteiger partial charge in [-0.15, -0.1) is 0 Å². The first-order valence-electron chi connectivity index (χ1n) is 7.08. The fourth-order valence-corrected chi connectivity index (χ4v) is 3.04. The van der Waals surface area contributed by atoms with E-state index in [9.17, 15) is 9.90 Å². The van der Waals surface area contributed by atoms with Gasteiger partial charge in [0.2, 0.25) is 0 Å². The number of hydrogen-bond acceptors (Lipinski definition) is 3. The molecule has 23 heavy (non-hydrogen) atoms. The number of rotatable bonds is 3. The van der Waals surface area contributed by atoms with Crippen LogP contribution in [0.15, 0.2) is 53.0 Å². The number of aromatic carboxylic acids is 1. The number of nitrogens with zero attached hydrogens (tertiary/aromatic N) is 2. The number of benzene rings is 2. The van der Waals surface area contributed by atoms with Crippen molar-refractivity contribution in [3.63, 3.8) is 0 Å². The van der Waals surface area contributed by atoms with Gasteiger partial charge < -0.3 is 10.0 Å². The Labute approximate surface area is 142 Å². The fraction of sp³-hybridized carbons (Fsp3) is 0.111. The van der Waals surface area contributed by atoms with Gasteiger partial charge >= 0.3 is 5.97 Å². The summed E-state index contributed by atoms with van der Waals surface area (Å²) in [6.45, 7) is 0. The first kappa shape index (κ1) is 15.5. The molecule has 0 radical (unpaired) electrons. The third-order valence-corrected chi connectivity index (χ3v) is 4.12. The lowest BCUT2D eigenvalue weighted by molar-refractivity contribution is 0.0699. The van der Waals surface area contributed by atoms with Gasteiger partial charge in [-0.05, 0) is 18.2 Å². The third-order valence-electron chi connectivity index (χ3n) is 3.63. The van der Waals surface area contributed by atoms with Crippen LogP contribution in [-0.4, -0.2) is 30.2 Å². The van der Waals surface area contributed by atoms with Crippen molar-refractivity contribution >= 4 is 38.5 Å². The van der Waals surface area contributed by atoms with Crippen LogP contribution in [0.3, 0.4) is 0 Å². The van der Waals surface area contributed by atoms with Gasteiger partial charge in [-0.25, -0.2) is 9.78 Å². The topological polar surface area (TPSA) is 53.4 Å². The molecule has 0 aliphatic heterocycles. The first-order chi connectivity index (χ1) is 11.0. The summed E-state index contributed by atoms with van der Waals surface area (Å²) in [6.07, 6.45) is 0. The van der Waals surface area contributed by atoms with Crippen LogP contribution in [0.1, 0.15) is 10.4 Å². The molecule has 0 atom stereocenters. The van der Waals surface area contributed by atoms with Crippen molar-refractivity contribution in [2.45, 2.75) is 0 Å². The molecule has 0 fully saturated rings. The Morgan fingerprint density at radius 1 is 1.13 bits per heavy atom. The van der Waals surface area contributed by atoms with Crippen LogP contribution in [0.5, 0.6) is 0 Å². The smallest absolute Gasteiger partial charge is 0.338 e. The average Bonchev–Trinajstić information content (AvgIpc) is 2.53. The molecular formula is C18H15BrN2O2. The zero-order chi connectivity index (χ0) is 16.6. The van der Waals surface area contributed by atoms with Gasteiger partial charge in [0, 0.05) is 29.5 Å². The highest BCUT2D eigenvalue weighted by Crippen LogP contribution is 2.36. The Morgan fingerprint density at radius 2 is 1.83 bits per heavy atom. The second kappa shape index (κ2) is 6.01. The molecule has 3 aromatic rings. The quantitative estimate of drug-likeness (QED) is 0.740. The molecule has 0 aliphatic carbocycles. The summed E-state index contributed by atoms with van der Waals surface area (Å²) < 4.78 is 0.825. The van der Waals surface area contributed by atoms with Crippen molar-refractivity contribution in [3.05, 3.63) is 58.6 Å². The lowest BCUT2D eigenvalue weighted by Crippen LogP contribution is -2.16. The average molecular weight is 371 g/mol. The Kier molecular flexibility index (Phi) is 4.05. The first-order valence-corrected chi connectivity index (χ1v) is 7.87. The van der Waals surface area contributed by atoms with Crippen molar-refractivity contribution in [2.24, 2.45) is 0 Å². The van der Waals surface area contributed by atoms with E-state index >= 15 is 0 Å². The van der Waals surface area contributed by atoms with Crippen LogP contribution < -0.4 is 4.90 Å². The second-order valence-corrected chi connectivity index (χ2v) is 6.33. The lowest BCUT2D eigenvalue weighted by atomic mass is 10.0. The minimum atomic E-state index is -0.962. The number of carboxylic acids is 1. The van der Waals surface area contributed by atoms with E-state index in [-0.39, 0.29) is 5.56 Å². The Hall–Kier alpha value is -2.40. The molecule has 4 nitrogen and oxygen atoms in total. The lowest BCUT2D eigenvalue weighted by Gasteiger charge is -2.21. The molecule has 0 saturated carbocycles. The highest BCUT2D eigenvalue weighted by atomic mass is 79.9. The molecule has 116 valence electrons. The molecule has 0 amide bonds. The number of carbonyl (C=O) groups is 1. The molecule has 1 N–H and O–H groups in total. The van der Waals surface area contributed by atoms with Gasteiger partial charge in [0.1, 0.15) is 0 Å². The van der Waals surface area contributed by atoms with Crippen LogP contribution in [0, 0.1) is 0 Å². The van der Waals surface area contributed by atoms with Gasteiger partial charge in [-0.3, -0.25) is 0 Å². The highest BCUT2D eigenvalue weighted by Gasteiger charge is 2.22. The molecule has 0 spiro atoms. The number of aromatic nitrogens is 1. The summed E-state index contributed by atoms with van der Waals surface area (Å²) in [4.78, 5) is 18.5. The van der Waals surface area contributed by atoms with Crippen LogP contribution in [0.25, 0.3) is 22.2 Å². The van der Waals surface area contributed by atoms with E-state index in [4.69, 9.17) is 4.98 Å². The van der Waals surface area contributed by atoms with Gasteiger partial charge in [0.25, 0.3) is 0 Å². The molecule has 5 heteroatoms. The van der Waals surface area contributed by atoms with E-state index in [1.807, 2.05) is 56.6 Å². The molecule has 1 heterocycles. The standard InChI is InChI=1S/C18H15BrN2O2/c1-21(2)17-15(18(22)23)13-10-12(19)8-9-14(13)20-16(17)11-6-4-3-5-7-11/h3-10H,1-2H3,(H,22,23). The van der Waals surface area contributed by atoms with Gasteiger partial charge in [-0.1, -0.05) is 46.3 Å². The summed E-state index contributed by atoms with van der Waals surface area (Å²) in [5.74, 6) is -0.962. The zero-order valence-corrected chi connectivity index (χ0v) is 14.3. The van der Waals surface area contributed by atoms with E-state index in [0.29, 0.717) is 22.3 Å². The van der Waals surface area contributed by atoms with Gasteiger partial charge in [0.05, 0.1) is 22.5 Å². The van der Waals surface area contributed by atoms with Crippen molar-refractivity contribution in [1.29, 1.82) is 0 Å². The van der Waals surface area contributed by atoms with E-state index < -0.39 is 5.97 Å². The summed E-state index contributed by atoms with van der Waals surface area (Å²) in [7, 11) is 3.67. The normalized spacial score (nSPS) is 10.7. The van der Waals surface area contributed by atoms with Gasteiger partial charge in [0.15, 0.2) is 0 Å². The molecule has 1 aromatic heterocycles. The van der Waals surface area contributed by atoms with Crippen molar-refractivity contribution in [3.8, 4) is 11.3 Å². The Balaban J connectivity index is 2.47. The molecule has 0 aliphatic rings. The number of halogens is 1. The van der Waals surface area contributed by atoms with E-state index in [2.05, 4.69) is 15.9 Å². The Bertz CT molecular complexity index is 892. The van der Waals surface area contributed by atoms with E-state index in [1.54, 1.807) is 11.0 Å². The number of carboxylic acid groups (broad SMARTS) is 1. The molecular weight excluding hydrogens is 356 g/mol. The monoisotopic (exact) mass is 370 g/mol. The molecule has 2 aromatic carbocycles. The van der Waals surface area contributed by atoms with Crippen molar-refractivity contribution in [1.82, 2.24) is 4.98 Å². The fourth-order valence-electron chi connectivity index (χ4n) is 2.67. The number of hydrogen-bond donors (Lipinski definition) is 1. The maximum atomic E-state index is 12.0. The van der Waals surface area contributed by atoms with Crippen LogP contribution in [0.2, 0.25) is 0 Å². The highest BCUT2D eigenvalue weighted by molar-refractivity contribution is 9.10. The minimum absolute atomic E-state index is 0.264. The predicted octanol–water partition coefficient (Wildman–Crippen LogP) is 4.43. The molecule has 3 rings (SSSR count). The van der Waals surface area contributed by atoms with Crippen LogP contribution in [0.4, 0.5) is 5.69 Å². The molecule has 0 saturated heterocycles. The largest absolute Gasteiger partial charge is 0.478 e. The molecule has 0 unspecified atom stereocenters. The summed E-state index contributed by atoms with van der Waals surface area (Å²) >= 11 is 3.41. The molecule has 0 bridgehead atoms. The maximum absolute atomic E-state index is 12.0. The number of fused-ring (bicyclic) bond motifs is 1. The predicted molar refractivity (Wildman–Crippen MR) is 96.2 cm³/mol. The van der Waals surface area contributed by atoms with Crippen LogP contribution >= 0.6 is 15.9 Å². The number of pyridine rings is 1. The Morgan fingerprint density at radius 3 is 2.43 bits per heavy atom. The van der Waals surface area contributed by atoms with E-state index in [0.717, 1.165) is 10.0 Å². The minimum Gasteiger partial charge on any atom is -0.478 e. The van der Waals surface area contributed by atoms with Crippen molar-refractivity contribution < 1.29 is 9.90 Å². The van der Waals surface area contributed by atoms with Gasteiger partial charge in [-0.2, -0.15) is 0 Å². The SMILES string of the molecule is CN(C)c1c(-c2ccccc2)nc2ccc(Br)cc2c1C(=O)O. The van der Waals surface area contributed by atoms with Crippen LogP contribution in [-0.2, 0) is 0 Å². The summed E-state index contributed by atoms with van der Waals surface area (Å²) in [5.41, 5.74) is 3.09. The zero-order valence-electron chi connectivity index (χ0n) is 12.7. The summed E-state index contributed by atoms with van der Waals surface area (Å²) in [5, 5.41) is 10.4. The number of anilines is 1. The third kappa shape index (κ3) is 2.80.